The maximum absolute atomic E-state index is 12.9. The van der Waals surface area contributed by atoms with E-state index in [0.29, 0.717) is 11.0 Å². The Hall–Kier alpha value is -1.41. The Morgan fingerprint density at radius 1 is 1.57 bits per heavy atom. The summed E-state index contributed by atoms with van der Waals surface area (Å²) in [5, 5.41) is 8.56. The second kappa shape index (κ2) is 3.39. The van der Waals surface area contributed by atoms with Crippen LogP contribution in [0.25, 0.3) is 11.0 Å². The van der Waals surface area contributed by atoms with Crippen molar-refractivity contribution in [2.24, 2.45) is 0 Å². The molecule has 0 atom stereocenters. The van der Waals surface area contributed by atoms with E-state index in [4.69, 9.17) is 5.26 Å². The maximum Gasteiger partial charge on any atom is 0.287 e. The van der Waals surface area contributed by atoms with Gasteiger partial charge in [0.25, 0.3) is 6.08 Å². The molecule has 70 valence electrons. The number of fused-ring (bicyclic) bond motifs is 1. The number of halogens is 2. The molecule has 0 radical (unpaired) electrons. The van der Waals surface area contributed by atoms with E-state index in [1.54, 1.807) is 12.1 Å². The Labute approximate surface area is 87.7 Å². The number of hydrogen-bond donors (Lipinski definition) is 1. The number of nitriles is 1. The van der Waals surface area contributed by atoms with E-state index < -0.39 is 6.08 Å². The average Bonchev–Trinajstić information content (AvgIpc) is 2.53. The van der Waals surface area contributed by atoms with E-state index in [1.165, 1.54) is 0 Å². The van der Waals surface area contributed by atoms with Crippen LogP contribution in [0.5, 0.6) is 0 Å². The summed E-state index contributed by atoms with van der Waals surface area (Å²) in [5.74, 6) is 0. The molecule has 2 aromatic rings. The van der Waals surface area contributed by atoms with E-state index in [2.05, 4.69) is 25.9 Å². The summed E-state index contributed by atoms with van der Waals surface area (Å²) >= 11 is 3.27. The van der Waals surface area contributed by atoms with Gasteiger partial charge >= 0.3 is 0 Å². The molecule has 0 aliphatic heterocycles. The monoisotopic (exact) mass is 253 g/mol. The fourth-order valence-electron chi connectivity index (χ4n) is 1.31. The molecule has 0 fully saturated rings. The molecule has 1 aromatic heterocycles. The number of nitrogens with zero attached hydrogens (tertiary/aromatic N) is 2. The van der Waals surface area contributed by atoms with Gasteiger partial charge in [0.1, 0.15) is 0 Å². The largest absolute Gasteiger partial charge is 0.313 e. The zero-order chi connectivity index (χ0) is 10.1. The molecule has 0 saturated carbocycles. The highest BCUT2D eigenvalue weighted by Crippen LogP contribution is 2.24. The highest BCUT2D eigenvalue weighted by Gasteiger charge is 2.09. The van der Waals surface area contributed by atoms with Crippen LogP contribution in [0.3, 0.4) is 0 Å². The molecule has 0 amide bonds. The summed E-state index contributed by atoms with van der Waals surface area (Å²) in [7, 11) is 0. The van der Waals surface area contributed by atoms with Crippen LogP contribution in [0.4, 0.5) is 4.39 Å². The van der Waals surface area contributed by atoms with Crippen LogP contribution in [0.2, 0.25) is 0 Å². The van der Waals surface area contributed by atoms with Crippen molar-refractivity contribution in [3.05, 3.63) is 28.2 Å². The van der Waals surface area contributed by atoms with Crippen LogP contribution >= 0.6 is 15.9 Å². The van der Waals surface area contributed by atoms with Gasteiger partial charge in [-0.2, -0.15) is 9.65 Å². The zero-order valence-corrected chi connectivity index (χ0v) is 8.60. The summed E-state index contributed by atoms with van der Waals surface area (Å²) in [4.78, 5) is 6.18. The number of aromatic nitrogens is 2. The molecule has 2 rings (SSSR count). The smallest absolute Gasteiger partial charge is 0.287 e. The van der Waals surface area contributed by atoms with Crippen molar-refractivity contribution in [2.45, 2.75) is 6.42 Å². The second-order valence-electron chi connectivity index (χ2n) is 2.79. The molecular weight excluding hydrogens is 249 g/mol. The van der Waals surface area contributed by atoms with E-state index in [0.717, 1.165) is 10.0 Å². The third kappa shape index (κ3) is 1.38. The van der Waals surface area contributed by atoms with Gasteiger partial charge in [0, 0.05) is 4.47 Å². The Balaban J connectivity index is 2.75. The van der Waals surface area contributed by atoms with Crippen LogP contribution < -0.4 is 0 Å². The van der Waals surface area contributed by atoms with Crippen LogP contribution in [0.15, 0.2) is 16.6 Å². The van der Waals surface area contributed by atoms with Gasteiger partial charge in [0.2, 0.25) is 0 Å². The first-order chi connectivity index (χ1) is 6.72. The van der Waals surface area contributed by atoms with E-state index in [9.17, 15) is 4.39 Å². The Kier molecular flexibility index (Phi) is 2.22. The lowest BCUT2D eigenvalue weighted by Gasteiger charge is -1.97. The second-order valence-corrected chi connectivity index (χ2v) is 3.65. The Morgan fingerprint density at radius 3 is 3.07 bits per heavy atom. The van der Waals surface area contributed by atoms with Gasteiger partial charge in [-0.15, -0.1) is 0 Å². The molecule has 5 heteroatoms. The summed E-state index contributed by atoms with van der Waals surface area (Å²) < 4.78 is 13.6. The first-order valence-corrected chi connectivity index (χ1v) is 4.71. The Bertz CT molecular complexity index is 527. The molecule has 14 heavy (non-hydrogen) atoms. The van der Waals surface area contributed by atoms with Crippen molar-refractivity contribution in [2.75, 3.05) is 0 Å². The summed E-state index contributed by atoms with van der Waals surface area (Å²) in [6, 6.07) is 5.54. The van der Waals surface area contributed by atoms with Gasteiger partial charge in [0.05, 0.1) is 23.5 Å². The van der Waals surface area contributed by atoms with Crippen LogP contribution in [0, 0.1) is 17.4 Å². The van der Waals surface area contributed by atoms with Crippen LogP contribution in [-0.4, -0.2) is 9.97 Å². The quantitative estimate of drug-likeness (QED) is 0.850. The first-order valence-electron chi connectivity index (χ1n) is 3.92. The summed E-state index contributed by atoms with van der Waals surface area (Å²) in [5.41, 5.74) is 1.83. The molecule has 1 aromatic carbocycles. The number of benzene rings is 1. The minimum atomic E-state index is -0.633. The molecule has 0 aliphatic rings. The van der Waals surface area contributed by atoms with E-state index in [1.807, 2.05) is 6.07 Å². The lowest BCUT2D eigenvalue weighted by atomic mass is 10.1. The lowest BCUT2D eigenvalue weighted by molar-refractivity contribution is 0.556. The molecule has 0 saturated heterocycles. The molecule has 0 aliphatic carbocycles. The maximum atomic E-state index is 12.9. The fourth-order valence-corrected chi connectivity index (χ4v) is 1.73. The molecule has 1 heterocycles. The Morgan fingerprint density at radius 2 is 2.36 bits per heavy atom. The van der Waals surface area contributed by atoms with Crippen molar-refractivity contribution in [1.29, 1.82) is 5.26 Å². The standard InChI is InChI=1S/C9H5BrFN3/c10-6-2-1-5(3-4-12)7-8(6)14-9(11)13-7/h1-2H,3H2,(H,13,14). The van der Waals surface area contributed by atoms with Crippen molar-refractivity contribution in [3.63, 3.8) is 0 Å². The SMILES string of the molecule is N#CCc1ccc(Br)c2[nH]c(F)nc12. The van der Waals surface area contributed by atoms with Gasteiger partial charge in [-0.25, -0.2) is 4.98 Å². The molecule has 0 spiro atoms. The molecule has 1 N–H and O–H groups in total. The molecule has 3 nitrogen and oxygen atoms in total. The van der Waals surface area contributed by atoms with Crippen LogP contribution in [0.1, 0.15) is 5.56 Å². The normalized spacial score (nSPS) is 10.4. The number of rotatable bonds is 1. The average molecular weight is 254 g/mol. The minimum absolute atomic E-state index is 0.230. The third-order valence-corrected chi connectivity index (χ3v) is 2.58. The van der Waals surface area contributed by atoms with Gasteiger partial charge in [-0.05, 0) is 27.6 Å². The predicted molar refractivity (Wildman–Crippen MR) is 53.1 cm³/mol. The number of nitrogens with one attached hydrogen (secondary N) is 1. The van der Waals surface area contributed by atoms with Gasteiger partial charge in [-0.3, -0.25) is 0 Å². The highest BCUT2D eigenvalue weighted by molar-refractivity contribution is 9.10. The van der Waals surface area contributed by atoms with Gasteiger partial charge < -0.3 is 4.98 Å². The van der Waals surface area contributed by atoms with E-state index in [-0.39, 0.29) is 6.42 Å². The number of hydrogen-bond acceptors (Lipinski definition) is 2. The predicted octanol–water partition coefficient (Wildman–Crippen LogP) is 2.53. The first kappa shape index (κ1) is 9.16. The van der Waals surface area contributed by atoms with E-state index >= 15 is 0 Å². The number of aromatic amines is 1. The molecule has 0 unspecified atom stereocenters. The van der Waals surface area contributed by atoms with Crippen molar-refractivity contribution >= 4 is 27.0 Å². The lowest BCUT2D eigenvalue weighted by Crippen LogP contribution is -1.84. The fraction of sp³-hybridized carbons (Fsp3) is 0.111. The van der Waals surface area contributed by atoms with Gasteiger partial charge in [-0.1, -0.05) is 6.07 Å². The summed E-state index contributed by atoms with van der Waals surface area (Å²) in [6.07, 6.45) is -0.403. The van der Waals surface area contributed by atoms with Gasteiger partial charge in [0.15, 0.2) is 0 Å². The van der Waals surface area contributed by atoms with Crippen molar-refractivity contribution < 1.29 is 4.39 Å². The van der Waals surface area contributed by atoms with Crippen molar-refractivity contribution in [1.82, 2.24) is 9.97 Å². The topological polar surface area (TPSA) is 52.5 Å². The zero-order valence-electron chi connectivity index (χ0n) is 7.01. The minimum Gasteiger partial charge on any atom is -0.313 e. The van der Waals surface area contributed by atoms with Crippen molar-refractivity contribution in [3.8, 4) is 6.07 Å². The summed E-state index contributed by atoms with van der Waals surface area (Å²) in [6.45, 7) is 0. The number of H-pyrrole nitrogens is 1. The highest BCUT2D eigenvalue weighted by atomic mass is 79.9. The molecule has 0 bridgehead atoms. The number of imidazole rings is 1. The molecular formula is C9H5BrFN3. The third-order valence-electron chi connectivity index (χ3n) is 1.92. The van der Waals surface area contributed by atoms with Crippen LogP contribution in [-0.2, 0) is 6.42 Å².